The molecule has 4 bridgehead atoms. The lowest BCUT2D eigenvalue weighted by Crippen LogP contribution is -2.56. The van der Waals surface area contributed by atoms with Gasteiger partial charge in [-0.05, 0) is 68.3 Å². The van der Waals surface area contributed by atoms with E-state index >= 15 is 0 Å². The van der Waals surface area contributed by atoms with E-state index in [2.05, 4.69) is 28.4 Å². The molecule has 4 saturated carbocycles. The smallest absolute Gasteiger partial charge is 0.460 e. The first-order valence-corrected chi connectivity index (χ1v) is 11.3. The van der Waals surface area contributed by atoms with Crippen molar-refractivity contribution in [2.24, 2.45) is 17.3 Å². The number of carbonyl (C=O) groups is 1. The van der Waals surface area contributed by atoms with E-state index in [0.717, 1.165) is 38.5 Å². The zero-order chi connectivity index (χ0) is 21.1. The monoisotopic (exact) mass is 428 g/mol. The Balaban J connectivity index is 1.55. The lowest BCUT2D eigenvalue weighted by atomic mass is 9.43. The molecule has 0 spiro atoms. The van der Waals surface area contributed by atoms with Gasteiger partial charge in [0.1, 0.15) is 0 Å². The number of carbonyl (C=O) groups excluding carboxylic acids is 1. The number of rotatable bonds is 6. The van der Waals surface area contributed by atoms with Crippen LogP contribution in [0.5, 0.6) is 0 Å². The molecule has 0 aromatic heterocycles. The van der Waals surface area contributed by atoms with Gasteiger partial charge in [-0.2, -0.15) is 17.2 Å². The molecule has 4 aliphatic rings. The van der Waals surface area contributed by atoms with Crippen LogP contribution in [0.4, 0.5) is 8.78 Å². The lowest BCUT2D eigenvalue weighted by Gasteiger charge is -2.62. The van der Waals surface area contributed by atoms with Crippen molar-refractivity contribution in [1.82, 2.24) is 0 Å². The van der Waals surface area contributed by atoms with Gasteiger partial charge in [-0.25, -0.2) is 4.79 Å². The van der Waals surface area contributed by atoms with E-state index in [4.69, 9.17) is 4.74 Å². The lowest BCUT2D eigenvalue weighted by molar-refractivity contribution is -0.173. The first-order valence-electron chi connectivity index (χ1n) is 9.93. The number of hydrogen-bond acceptors (Lipinski definition) is 5. The van der Waals surface area contributed by atoms with Crippen molar-refractivity contribution in [2.45, 2.75) is 56.1 Å². The second-order valence-corrected chi connectivity index (χ2v) is 11.1. The molecule has 0 heterocycles. The number of alkyl halides is 2. The molecule has 0 N–H and O–H groups in total. The van der Waals surface area contributed by atoms with Crippen LogP contribution in [0.1, 0.15) is 49.7 Å². The average Bonchev–Trinajstić information content (AvgIpc) is 2.65. The Morgan fingerprint density at radius 1 is 1.14 bits per heavy atom. The zero-order valence-corrected chi connectivity index (χ0v) is 17.4. The quantitative estimate of drug-likeness (QED) is 0.507. The molecule has 4 fully saturated rings. The molecule has 5 nitrogen and oxygen atoms in total. The summed E-state index contributed by atoms with van der Waals surface area (Å²) in [6, 6.07) is 8.50. The standard InChI is InChI=1S/C21H26F2O5S/c1-14-3-5-17(6-4-14)20-10-15-7-16(11-20)9-19(8-15,12-20)13-28-18(24)21(22,23)29(25,26)27-2/h3-6,15-16H,7-13H2,1-2H3. The summed E-state index contributed by atoms with van der Waals surface area (Å²) in [5.74, 6) is -1.11. The molecule has 1 aromatic rings. The minimum atomic E-state index is -5.34. The molecule has 2 unspecified atom stereocenters. The Kier molecular flexibility index (Phi) is 4.81. The highest BCUT2D eigenvalue weighted by Crippen LogP contribution is 2.65. The normalized spacial score (nSPS) is 33.7. The Hall–Kier alpha value is -1.54. The van der Waals surface area contributed by atoms with Crippen molar-refractivity contribution in [3.8, 4) is 0 Å². The summed E-state index contributed by atoms with van der Waals surface area (Å²) >= 11 is 0. The summed E-state index contributed by atoms with van der Waals surface area (Å²) in [7, 11) is -4.74. The van der Waals surface area contributed by atoms with Crippen LogP contribution in [0, 0.1) is 24.2 Å². The molecule has 0 saturated heterocycles. The highest BCUT2D eigenvalue weighted by atomic mass is 32.2. The summed E-state index contributed by atoms with van der Waals surface area (Å²) in [6.07, 6.45) is 5.68. The maximum Gasteiger partial charge on any atom is 0.466 e. The molecule has 1 aromatic carbocycles. The van der Waals surface area contributed by atoms with Crippen LogP contribution in [0.3, 0.4) is 0 Å². The van der Waals surface area contributed by atoms with Gasteiger partial charge in [0.2, 0.25) is 0 Å². The molecule has 8 heteroatoms. The highest BCUT2D eigenvalue weighted by molar-refractivity contribution is 7.88. The zero-order valence-electron chi connectivity index (χ0n) is 16.6. The fourth-order valence-electron chi connectivity index (χ4n) is 6.38. The third kappa shape index (κ3) is 3.38. The molecule has 0 aliphatic heterocycles. The van der Waals surface area contributed by atoms with E-state index in [-0.39, 0.29) is 17.4 Å². The summed E-state index contributed by atoms with van der Waals surface area (Å²) in [5, 5.41) is -4.71. The van der Waals surface area contributed by atoms with Crippen LogP contribution < -0.4 is 0 Å². The van der Waals surface area contributed by atoms with Crippen LogP contribution in [0.2, 0.25) is 0 Å². The first-order chi connectivity index (χ1) is 13.5. The van der Waals surface area contributed by atoms with Crippen LogP contribution in [0.15, 0.2) is 24.3 Å². The predicted molar refractivity (Wildman–Crippen MR) is 102 cm³/mol. The van der Waals surface area contributed by atoms with Crippen molar-refractivity contribution in [2.75, 3.05) is 13.7 Å². The van der Waals surface area contributed by atoms with Crippen molar-refractivity contribution in [1.29, 1.82) is 0 Å². The molecular weight excluding hydrogens is 402 g/mol. The van der Waals surface area contributed by atoms with Gasteiger partial charge in [0.05, 0.1) is 13.7 Å². The minimum Gasteiger partial charge on any atom is -0.460 e. The third-order valence-electron chi connectivity index (χ3n) is 7.13. The van der Waals surface area contributed by atoms with Crippen molar-refractivity contribution >= 4 is 16.1 Å². The third-order valence-corrected chi connectivity index (χ3v) is 8.36. The number of halogens is 2. The summed E-state index contributed by atoms with van der Waals surface area (Å²) < 4.78 is 59.4. The number of hydrogen-bond donors (Lipinski definition) is 0. The van der Waals surface area contributed by atoms with E-state index in [1.807, 2.05) is 6.92 Å². The van der Waals surface area contributed by atoms with Gasteiger partial charge in [-0.1, -0.05) is 29.8 Å². The summed E-state index contributed by atoms with van der Waals surface area (Å²) in [4.78, 5) is 11.9. The SMILES string of the molecule is COS(=O)(=O)C(F)(F)C(=O)OCC12CC3CC(C1)CC(c1ccc(C)cc1)(C3)C2. The van der Waals surface area contributed by atoms with E-state index in [1.54, 1.807) is 0 Å². The predicted octanol–water partition coefficient (Wildman–Crippen LogP) is 3.95. The second kappa shape index (κ2) is 6.74. The number of esters is 1. The molecule has 0 amide bonds. The average molecular weight is 428 g/mol. The molecule has 160 valence electrons. The topological polar surface area (TPSA) is 69.7 Å². The van der Waals surface area contributed by atoms with E-state index in [1.165, 1.54) is 11.1 Å². The number of benzene rings is 1. The van der Waals surface area contributed by atoms with Gasteiger partial charge < -0.3 is 4.74 Å². The molecule has 2 atom stereocenters. The highest BCUT2D eigenvalue weighted by Gasteiger charge is 2.60. The Morgan fingerprint density at radius 2 is 1.72 bits per heavy atom. The van der Waals surface area contributed by atoms with Gasteiger partial charge in [0.15, 0.2) is 0 Å². The number of ether oxygens (including phenoxy) is 1. The Bertz CT molecular complexity index is 896. The molecular formula is C21H26F2O5S. The van der Waals surface area contributed by atoms with E-state index < -0.39 is 21.3 Å². The maximum absolute atomic E-state index is 13.9. The largest absolute Gasteiger partial charge is 0.466 e. The van der Waals surface area contributed by atoms with Crippen LogP contribution >= 0.6 is 0 Å². The Morgan fingerprint density at radius 3 is 2.28 bits per heavy atom. The summed E-state index contributed by atoms with van der Waals surface area (Å²) in [5.41, 5.74) is 2.05. The second-order valence-electron chi connectivity index (χ2n) is 9.32. The fourth-order valence-corrected chi connectivity index (χ4v) is 6.85. The van der Waals surface area contributed by atoms with Gasteiger partial charge in [0, 0.05) is 5.41 Å². The van der Waals surface area contributed by atoms with E-state index in [0.29, 0.717) is 18.9 Å². The molecule has 5 rings (SSSR count). The minimum absolute atomic E-state index is 0.0225. The molecule has 4 aliphatic carbocycles. The fraction of sp³-hybridized carbons (Fsp3) is 0.667. The van der Waals surface area contributed by atoms with Gasteiger partial charge in [0.25, 0.3) is 0 Å². The van der Waals surface area contributed by atoms with Crippen LogP contribution in [0.25, 0.3) is 0 Å². The van der Waals surface area contributed by atoms with Crippen molar-refractivity contribution in [3.05, 3.63) is 35.4 Å². The Labute approximate surface area is 169 Å². The van der Waals surface area contributed by atoms with Crippen LogP contribution in [-0.2, 0) is 29.2 Å². The van der Waals surface area contributed by atoms with Crippen LogP contribution in [-0.4, -0.2) is 33.4 Å². The van der Waals surface area contributed by atoms with Gasteiger partial charge >= 0.3 is 21.3 Å². The van der Waals surface area contributed by atoms with Gasteiger partial charge in [-0.3, -0.25) is 4.18 Å². The number of aryl methyl sites for hydroxylation is 1. The first kappa shape index (κ1) is 20.7. The van der Waals surface area contributed by atoms with Gasteiger partial charge in [-0.15, -0.1) is 0 Å². The molecule has 0 radical (unpaired) electrons. The van der Waals surface area contributed by atoms with Crippen molar-refractivity contribution in [3.63, 3.8) is 0 Å². The van der Waals surface area contributed by atoms with E-state index in [9.17, 15) is 22.0 Å². The molecule has 29 heavy (non-hydrogen) atoms. The maximum atomic E-state index is 13.9. The summed E-state index contributed by atoms with van der Waals surface area (Å²) in [6.45, 7) is 1.86. The van der Waals surface area contributed by atoms with Crippen molar-refractivity contribution < 1.29 is 30.9 Å².